The van der Waals surface area contributed by atoms with Crippen LogP contribution in [0.15, 0.2) is 78.9 Å². The lowest BCUT2D eigenvalue weighted by atomic mass is 10.0. The molecule has 0 aliphatic rings. The topological polar surface area (TPSA) is 17.8 Å². The van der Waals surface area contributed by atoms with Crippen molar-refractivity contribution in [3.63, 3.8) is 0 Å². The molecule has 4 aromatic rings. The van der Waals surface area contributed by atoms with Crippen LogP contribution in [0.4, 0.5) is 0 Å². The summed E-state index contributed by atoms with van der Waals surface area (Å²) in [6.07, 6.45) is 0. The van der Waals surface area contributed by atoms with E-state index in [0.29, 0.717) is 0 Å². The lowest BCUT2D eigenvalue weighted by Crippen LogP contribution is -1.93. The average Bonchev–Trinajstić information content (AvgIpc) is 2.97. The lowest BCUT2D eigenvalue weighted by Gasteiger charge is -2.00. The van der Waals surface area contributed by atoms with Crippen molar-refractivity contribution in [1.82, 2.24) is 9.78 Å². The number of fused-ring (bicyclic) bond motifs is 1. The zero-order chi connectivity index (χ0) is 14.9. The van der Waals surface area contributed by atoms with E-state index in [1.807, 2.05) is 17.8 Å². The highest BCUT2D eigenvalue weighted by Gasteiger charge is 2.09. The summed E-state index contributed by atoms with van der Waals surface area (Å²) in [7, 11) is 1.99. The van der Waals surface area contributed by atoms with Crippen LogP contribution in [-0.4, -0.2) is 9.78 Å². The van der Waals surface area contributed by atoms with Gasteiger partial charge in [-0.3, -0.25) is 4.68 Å². The molecule has 106 valence electrons. The zero-order valence-corrected chi connectivity index (χ0v) is 12.4. The maximum atomic E-state index is 4.68. The highest BCUT2D eigenvalue weighted by molar-refractivity contribution is 5.87. The molecule has 0 atom stereocenters. The second kappa shape index (κ2) is 5.15. The summed E-state index contributed by atoms with van der Waals surface area (Å²) in [6.45, 7) is 0. The van der Waals surface area contributed by atoms with E-state index in [0.717, 1.165) is 17.0 Å². The molecule has 4 rings (SSSR count). The lowest BCUT2D eigenvalue weighted by molar-refractivity contribution is 0.779. The maximum Gasteiger partial charge on any atom is 0.0929 e. The molecule has 2 nitrogen and oxygen atoms in total. The van der Waals surface area contributed by atoms with E-state index in [9.17, 15) is 0 Å². The first-order valence-electron chi connectivity index (χ1n) is 7.40. The van der Waals surface area contributed by atoms with Crippen molar-refractivity contribution in [2.24, 2.45) is 7.05 Å². The molecule has 0 N–H and O–H groups in total. The number of nitrogens with zero attached hydrogens (tertiary/aromatic N) is 2. The molecule has 0 fully saturated rings. The predicted molar refractivity (Wildman–Crippen MR) is 91.6 cm³/mol. The molecule has 0 amide bonds. The maximum absolute atomic E-state index is 4.68. The van der Waals surface area contributed by atoms with Gasteiger partial charge >= 0.3 is 0 Å². The van der Waals surface area contributed by atoms with Crippen LogP contribution in [0.25, 0.3) is 33.3 Å². The van der Waals surface area contributed by atoms with Gasteiger partial charge in [-0.05, 0) is 28.5 Å². The standard InChI is InChI=1S/C20H16N2/c1-22-20(16-8-3-2-4-9-16)14-19(21-22)18-12-11-15-7-5-6-10-17(15)13-18/h2-14H,1H3. The molecule has 0 saturated heterocycles. The fourth-order valence-corrected chi connectivity index (χ4v) is 2.84. The van der Waals surface area contributed by atoms with Crippen molar-refractivity contribution in [2.75, 3.05) is 0 Å². The Morgan fingerprint density at radius 1 is 0.682 bits per heavy atom. The Morgan fingerprint density at radius 3 is 2.23 bits per heavy atom. The van der Waals surface area contributed by atoms with Gasteiger partial charge in [-0.1, -0.05) is 66.7 Å². The van der Waals surface area contributed by atoms with Crippen molar-refractivity contribution in [3.05, 3.63) is 78.9 Å². The Morgan fingerprint density at radius 2 is 1.41 bits per heavy atom. The van der Waals surface area contributed by atoms with Crippen molar-refractivity contribution in [2.45, 2.75) is 0 Å². The summed E-state index contributed by atoms with van der Waals surface area (Å²) >= 11 is 0. The molecule has 0 saturated carbocycles. The molecule has 0 radical (unpaired) electrons. The summed E-state index contributed by atoms with van der Waals surface area (Å²) in [6, 6.07) is 27.4. The summed E-state index contributed by atoms with van der Waals surface area (Å²) in [5, 5.41) is 7.18. The largest absolute Gasteiger partial charge is 0.267 e. The minimum atomic E-state index is 1.01. The van der Waals surface area contributed by atoms with E-state index in [2.05, 4.69) is 77.9 Å². The molecular weight excluding hydrogens is 268 g/mol. The van der Waals surface area contributed by atoms with Crippen molar-refractivity contribution < 1.29 is 0 Å². The third kappa shape index (κ3) is 2.19. The van der Waals surface area contributed by atoms with Crippen LogP contribution in [-0.2, 0) is 7.05 Å². The SMILES string of the molecule is Cn1nc(-c2ccc3ccccc3c2)cc1-c1ccccc1. The van der Waals surface area contributed by atoms with Gasteiger partial charge in [-0.15, -0.1) is 0 Å². The molecule has 0 aliphatic heterocycles. The van der Waals surface area contributed by atoms with Crippen LogP contribution >= 0.6 is 0 Å². The van der Waals surface area contributed by atoms with Crippen molar-refractivity contribution >= 4 is 10.8 Å². The van der Waals surface area contributed by atoms with Gasteiger partial charge < -0.3 is 0 Å². The molecule has 0 bridgehead atoms. The molecule has 22 heavy (non-hydrogen) atoms. The van der Waals surface area contributed by atoms with Crippen LogP contribution in [0.1, 0.15) is 0 Å². The molecule has 1 aromatic heterocycles. The first-order chi connectivity index (χ1) is 10.8. The number of aromatic nitrogens is 2. The van der Waals surface area contributed by atoms with E-state index in [4.69, 9.17) is 0 Å². The fraction of sp³-hybridized carbons (Fsp3) is 0.0500. The van der Waals surface area contributed by atoms with Gasteiger partial charge in [0.2, 0.25) is 0 Å². The number of rotatable bonds is 2. The third-order valence-corrected chi connectivity index (χ3v) is 3.99. The zero-order valence-electron chi connectivity index (χ0n) is 12.4. The van der Waals surface area contributed by atoms with Gasteiger partial charge in [-0.25, -0.2) is 0 Å². The average molecular weight is 284 g/mol. The number of benzene rings is 3. The first-order valence-corrected chi connectivity index (χ1v) is 7.40. The van der Waals surface area contributed by atoms with E-state index >= 15 is 0 Å². The second-order valence-electron chi connectivity index (χ2n) is 5.47. The van der Waals surface area contributed by atoms with Gasteiger partial charge in [0.05, 0.1) is 11.4 Å². The summed E-state index contributed by atoms with van der Waals surface area (Å²) in [5.41, 5.74) is 4.47. The fourth-order valence-electron chi connectivity index (χ4n) is 2.84. The Labute approximate surface area is 129 Å². The normalized spacial score (nSPS) is 11.0. The highest BCUT2D eigenvalue weighted by atomic mass is 15.3. The molecule has 0 aliphatic carbocycles. The van der Waals surface area contributed by atoms with Crippen molar-refractivity contribution in [3.8, 4) is 22.5 Å². The minimum absolute atomic E-state index is 1.01. The van der Waals surface area contributed by atoms with Crippen LogP contribution in [0.2, 0.25) is 0 Å². The second-order valence-corrected chi connectivity index (χ2v) is 5.47. The monoisotopic (exact) mass is 284 g/mol. The van der Waals surface area contributed by atoms with Crippen molar-refractivity contribution in [1.29, 1.82) is 0 Å². The quantitative estimate of drug-likeness (QED) is 0.511. The Balaban J connectivity index is 1.82. The third-order valence-electron chi connectivity index (χ3n) is 3.99. The Bertz CT molecular complexity index is 936. The summed E-state index contributed by atoms with van der Waals surface area (Å²) in [4.78, 5) is 0. The van der Waals surface area contributed by atoms with Gasteiger partial charge in [-0.2, -0.15) is 5.10 Å². The Kier molecular flexibility index (Phi) is 3.01. The first kappa shape index (κ1) is 12.8. The molecule has 1 heterocycles. The van der Waals surface area contributed by atoms with Gasteiger partial charge in [0.1, 0.15) is 0 Å². The van der Waals surface area contributed by atoms with Crippen LogP contribution in [0.5, 0.6) is 0 Å². The van der Waals surface area contributed by atoms with E-state index in [1.54, 1.807) is 0 Å². The predicted octanol–water partition coefficient (Wildman–Crippen LogP) is 4.91. The molecule has 0 unspecified atom stereocenters. The Hall–Kier alpha value is -2.87. The summed E-state index contributed by atoms with van der Waals surface area (Å²) in [5.74, 6) is 0. The van der Waals surface area contributed by atoms with E-state index < -0.39 is 0 Å². The minimum Gasteiger partial charge on any atom is -0.267 e. The van der Waals surface area contributed by atoms with E-state index in [-0.39, 0.29) is 0 Å². The van der Waals surface area contributed by atoms with Gasteiger partial charge in [0.15, 0.2) is 0 Å². The summed E-state index contributed by atoms with van der Waals surface area (Å²) < 4.78 is 1.94. The molecule has 3 aromatic carbocycles. The smallest absolute Gasteiger partial charge is 0.0929 e. The van der Waals surface area contributed by atoms with Gasteiger partial charge in [0.25, 0.3) is 0 Å². The van der Waals surface area contributed by atoms with E-state index in [1.165, 1.54) is 16.3 Å². The molecule has 2 heteroatoms. The van der Waals surface area contributed by atoms with Gasteiger partial charge in [0, 0.05) is 12.6 Å². The number of hydrogen-bond donors (Lipinski definition) is 0. The molecule has 0 spiro atoms. The number of hydrogen-bond acceptors (Lipinski definition) is 1. The number of aryl methyl sites for hydroxylation is 1. The van der Waals surface area contributed by atoms with Crippen LogP contribution in [0, 0.1) is 0 Å². The van der Waals surface area contributed by atoms with Crippen LogP contribution < -0.4 is 0 Å². The highest BCUT2D eigenvalue weighted by Crippen LogP contribution is 2.27. The van der Waals surface area contributed by atoms with Crippen LogP contribution in [0.3, 0.4) is 0 Å². The molecular formula is C20H16N2.